The van der Waals surface area contributed by atoms with Gasteiger partial charge in [-0.25, -0.2) is 0 Å². The van der Waals surface area contributed by atoms with E-state index in [1.165, 1.54) is 16.9 Å². The monoisotopic (exact) mass is 356 g/mol. The summed E-state index contributed by atoms with van der Waals surface area (Å²) in [5.74, 6) is -0.00911. The van der Waals surface area contributed by atoms with Crippen LogP contribution in [0.1, 0.15) is 34.3 Å². The Hall–Kier alpha value is -2.18. The number of aromatic nitrogens is 2. The van der Waals surface area contributed by atoms with Gasteiger partial charge in [0.15, 0.2) is 0 Å². The van der Waals surface area contributed by atoms with E-state index in [0.29, 0.717) is 13.1 Å². The fraction of sp³-hybridized carbons (Fsp3) is 0.368. The molecule has 3 aromatic rings. The summed E-state index contributed by atoms with van der Waals surface area (Å²) < 4.78 is 1.99. The number of fused-ring (bicyclic) bond motifs is 1. The Labute approximate surface area is 152 Å². The molecule has 0 spiro atoms. The van der Waals surface area contributed by atoms with Crippen molar-refractivity contribution in [3.8, 4) is 0 Å². The maximum Gasteiger partial charge on any atom is 0.261 e. The van der Waals surface area contributed by atoms with Crippen molar-refractivity contribution in [3.05, 3.63) is 52.5 Å². The lowest BCUT2D eigenvalue weighted by atomic mass is 10.2. The van der Waals surface area contributed by atoms with Gasteiger partial charge in [-0.2, -0.15) is 5.10 Å². The lowest BCUT2D eigenvalue weighted by Gasteiger charge is -2.05. The number of aryl methyl sites for hydroxylation is 1. The maximum absolute atomic E-state index is 12.4. The van der Waals surface area contributed by atoms with E-state index >= 15 is 0 Å². The van der Waals surface area contributed by atoms with E-state index in [4.69, 9.17) is 0 Å². The molecule has 0 aliphatic carbocycles. The van der Waals surface area contributed by atoms with Crippen LogP contribution in [0.2, 0.25) is 0 Å². The first-order valence-electron chi connectivity index (χ1n) is 8.69. The molecular weight excluding hydrogens is 332 g/mol. The average Bonchev–Trinajstić information content (AvgIpc) is 3.17. The summed E-state index contributed by atoms with van der Waals surface area (Å²) in [6, 6.07) is 12.2. The van der Waals surface area contributed by atoms with Crippen LogP contribution in [0.3, 0.4) is 0 Å². The van der Waals surface area contributed by atoms with Gasteiger partial charge in [0.1, 0.15) is 4.83 Å². The van der Waals surface area contributed by atoms with Crippen LogP contribution < -0.4 is 10.6 Å². The van der Waals surface area contributed by atoms with E-state index in [1.807, 2.05) is 35.9 Å². The number of amides is 1. The van der Waals surface area contributed by atoms with Gasteiger partial charge in [0, 0.05) is 18.5 Å². The molecular formula is C19H24N4OS. The second kappa shape index (κ2) is 8.27. The molecule has 3 rings (SSSR count). The first-order valence-corrected chi connectivity index (χ1v) is 9.50. The number of carbonyl (C=O) groups excluding carboxylic acids is 1. The van der Waals surface area contributed by atoms with Gasteiger partial charge in [0.25, 0.3) is 5.91 Å². The minimum atomic E-state index is -0.00911. The van der Waals surface area contributed by atoms with E-state index in [0.717, 1.165) is 40.3 Å². The molecule has 1 amide bonds. The van der Waals surface area contributed by atoms with Crippen molar-refractivity contribution < 1.29 is 4.79 Å². The first kappa shape index (κ1) is 17.6. The van der Waals surface area contributed by atoms with Crippen LogP contribution >= 0.6 is 11.3 Å². The lowest BCUT2D eigenvalue weighted by molar-refractivity contribution is 0.0958. The van der Waals surface area contributed by atoms with Gasteiger partial charge in [-0.1, -0.05) is 37.3 Å². The summed E-state index contributed by atoms with van der Waals surface area (Å²) in [5.41, 5.74) is 2.17. The number of thiophene rings is 1. The zero-order valence-corrected chi connectivity index (χ0v) is 15.5. The van der Waals surface area contributed by atoms with E-state index in [1.54, 1.807) is 0 Å². The number of nitrogens with zero attached hydrogens (tertiary/aromatic N) is 2. The normalized spacial score (nSPS) is 11.1. The zero-order chi connectivity index (χ0) is 17.6. The summed E-state index contributed by atoms with van der Waals surface area (Å²) in [4.78, 5) is 14.2. The summed E-state index contributed by atoms with van der Waals surface area (Å²) in [5, 5.41) is 12.0. The van der Waals surface area contributed by atoms with Crippen LogP contribution in [0.4, 0.5) is 0 Å². The van der Waals surface area contributed by atoms with Crippen LogP contribution in [-0.2, 0) is 6.54 Å². The van der Waals surface area contributed by atoms with Gasteiger partial charge >= 0.3 is 0 Å². The fourth-order valence-corrected chi connectivity index (χ4v) is 3.82. The van der Waals surface area contributed by atoms with Gasteiger partial charge in [-0.05, 0) is 31.5 Å². The summed E-state index contributed by atoms with van der Waals surface area (Å²) in [7, 11) is 0. The topological polar surface area (TPSA) is 58.9 Å². The minimum Gasteiger partial charge on any atom is -0.350 e. The van der Waals surface area contributed by atoms with Gasteiger partial charge in [-0.15, -0.1) is 11.3 Å². The Balaban J connectivity index is 1.71. The van der Waals surface area contributed by atoms with Crippen LogP contribution in [0.15, 0.2) is 36.4 Å². The maximum atomic E-state index is 12.4. The van der Waals surface area contributed by atoms with Gasteiger partial charge in [-0.3, -0.25) is 9.48 Å². The van der Waals surface area contributed by atoms with Crippen molar-refractivity contribution in [1.29, 1.82) is 0 Å². The Morgan fingerprint density at radius 3 is 2.76 bits per heavy atom. The number of carbonyl (C=O) groups is 1. The molecule has 2 aromatic heterocycles. The second-order valence-electron chi connectivity index (χ2n) is 6.06. The molecule has 25 heavy (non-hydrogen) atoms. The molecule has 0 unspecified atom stereocenters. The molecule has 0 fully saturated rings. The lowest BCUT2D eigenvalue weighted by Crippen LogP contribution is -2.31. The van der Waals surface area contributed by atoms with Gasteiger partial charge in [0.2, 0.25) is 0 Å². The summed E-state index contributed by atoms with van der Waals surface area (Å²) in [6.45, 7) is 7.26. The molecule has 0 aliphatic rings. The van der Waals surface area contributed by atoms with Crippen LogP contribution in [0.5, 0.6) is 0 Å². The Kier molecular flexibility index (Phi) is 5.83. The predicted molar refractivity (Wildman–Crippen MR) is 103 cm³/mol. The third-order valence-electron chi connectivity index (χ3n) is 4.02. The van der Waals surface area contributed by atoms with E-state index in [2.05, 4.69) is 34.8 Å². The average molecular weight is 356 g/mol. The van der Waals surface area contributed by atoms with Crippen LogP contribution in [0.25, 0.3) is 10.2 Å². The van der Waals surface area contributed by atoms with Gasteiger partial charge in [0.05, 0.1) is 17.1 Å². The van der Waals surface area contributed by atoms with Crippen LogP contribution in [-0.4, -0.2) is 35.3 Å². The fourth-order valence-electron chi connectivity index (χ4n) is 2.74. The second-order valence-corrected chi connectivity index (χ2v) is 7.09. The standard InChI is InChI=1S/C19H24N4OS/c1-3-9-20-10-11-21-18(24)17-12-16-14(2)22-23(19(16)25-17)13-15-7-5-4-6-8-15/h4-8,12,20H,3,9-11,13H2,1-2H3,(H,21,24). The highest BCUT2D eigenvalue weighted by atomic mass is 32.1. The molecule has 6 heteroatoms. The molecule has 0 saturated heterocycles. The molecule has 5 nitrogen and oxygen atoms in total. The number of hydrogen-bond donors (Lipinski definition) is 2. The predicted octanol–water partition coefficient (Wildman–Crippen LogP) is 3.18. The Bertz CT molecular complexity index is 838. The Morgan fingerprint density at radius 1 is 1.20 bits per heavy atom. The molecule has 1 aromatic carbocycles. The number of nitrogens with one attached hydrogen (secondary N) is 2. The first-order chi connectivity index (χ1) is 12.2. The molecule has 0 bridgehead atoms. The molecule has 2 N–H and O–H groups in total. The summed E-state index contributed by atoms with van der Waals surface area (Å²) in [6.07, 6.45) is 1.10. The van der Waals surface area contributed by atoms with E-state index in [-0.39, 0.29) is 5.91 Å². The van der Waals surface area contributed by atoms with Crippen molar-refractivity contribution in [1.82, 2.24) is 20.4 Å². The molecule has 0 atom stereocenters. The smallest absolute Gasteiger partial charge is 0.261 e. The Morgan fingerprint density at radius 2 is 2.00 bits per heavy atom. The number of hydrogen-bond acceptors (Lipinski definition) is 4. The zero-order valence-electron chi connectivity index (χ0n) is 14.7. The quantitative estimate of drug-likeness (QED) is 0.610. The van der Waals surface area contributed by atoms with Crippen molar-refractivity contribution in [2.24, 2.45) is 0 Å². The largest absolute Gasteiger partial charge is 0.350 e. The highest BCUT2D eigenvalue weighted by Gasteiger charge is 2.16. The molecule has 2 heterocycles. The number of benzene rings is 1. The van der Waals surface area contributed by atoms with Crippen molar-refractivity contribution in [2.45, 2.75) is 26.8 Å². The number of rotatable bonds is 8. The third kappa shape index (κ3) is 4.27. The van der Waals surface area contributed by atoms with Crippen molar-refractivity contribution in [3.63, 3.8) is 0 Å². The molecule has 0 saturated carbocycles. The van der Waals surface area contributed by atoms with Crippen molar-refractivity contribution >= 4 is 27.5 Å². The minimum absolute atomic E-state index is 0.00911. The molecule has 0 radical (unpaired) electrons. The van der Waals surface area contributed by atoms with Crippen molar-refractivity contribution in [2.75, 3.05) is 19.6 Å². The summed E-state index contributed by atoms with van der Waals surface area (Å²) >= 11 is 1.51. The van der Waals surface area contributed by atoms with Gasteiger partial charge < -0.3 is 10.6 Å². The van der Waals surface area contributed by atoms with Crippen LogP contribution in [0, 0.1) is 6.92 Å². The highest BCUT2D eigenvalue weighted by molar-refractivity contribution is 7.20. The highest BCUT2D eigenvalue weighted by Crippen LogP contribution is 2.28. The molecule has 132 valence electrons. The van der Waals surface area contributed by atoms with E-state index < -0.39 is 0 Å². The van der Waals surface area contributed by atoms with E-state index in [9.17, 15) is 4.79 Å². The third-order valence-corrected chi connectivity index (χ3v) is 5.17. The molecule has 0 aliphatic heterocycles. The SMILES string of the molecule is CCCNCCNC(=O)c1cc2c(C)nn(Cc3ccccc3)c2s1.